The highest BCUT2D eigenvalue weighted by molar-refractivity contribution is 5.75. The molecule has 0 spiro atoms. The Labute approximate surface area is 125 Å². The molecule has 1 N–H and O–H groups in total. The minimum Gasteiger partial charge on any atom is -0.494 e. The Morgan fingerprint density at radius 1 is 1.14 bits per heavy atom. The van der Waals surface area contributed by atoms with Crippen LogP contribution in [-0.2, 0) is 11.3 Å². The van der Waals surface area contributed by atoms with Crippen molar-refractivity contribution in [2.24, 2.45) is 0 Å². The molecule has 1 amide bonds. The van der Waals surface area contributed by atoms with Crippen LogP contribution in [0.3, 0.4) is 0 Å². The number of ether oxygens (including phenoxy) is 1. The van der Waals surface area contributed by atoms with Crippen LogP contribution in [-0.4, -0.2) is 17.5 Å². The molecule has 0 aliphatic rings. The lowest BCUT2D eigenvalue weighted by molar-refractivity contribution is -0.121. The fourth-order valence-corrected chi connectivity index (χ4v) is 1.85. The van der Waals surface area contributed by atoms with E-state index in [-0.39, 0.29) is 5.91 Å². The molecule has 4 nitrogen and oxygen atoms in total. The summed E-state index contributed by atoms with van der Waals surface area (Å²) in [6.07, 6.45) is 4.61. The predicted molar refractivity (Wildman–Crippen MR) is 82.0 cm³/mol. The quantitative estimate of drug-likeness (QED) is 0.795. The minimum absolute atomic E-state index is 0.0410. The number of aromatic nitrogens is 1. The number of hydrogen-bond donors (Lipinski definition) is 1. The summed E-state index contributed by atoms with van der Waals surface area (Å²) in [6.45, 7) is 3.13. The molecule has 0 fully saturated rings. The number of rotatable bonds is 7. The Kier molecular flexibility index (Phi) is 5.76. The molecule has 0 atom stereocenters. The molecule has 0 aliphatic carbocycles. The highest BCUT2D eigenvalue weighted by Crippen LogP contribution is 2.11. The van der Waals surface area contributed by atoms with E-state index in [1.165, 1.54) is 5.56 Å². The number of hydrogen-bond acceptors (Lipinski definition) is 3. The number of benzene rings is 1. The van der Waals surface area contributed by atoms with E-state index in [9.17, 15) is 4.79 Å². The maximum atomic E-state index is 11.7. The standard InChI is InChI=1S/C17H20N2O2/c1-14-4-6-16(7-5-14)21-12-2-3-17(20)19-13-15-8-10-18-11-9-15/h4-11H,2-3,12-13H2,1H3,(H,19,20). The normalized spacial score (nSPS) is 10.1. The second kappa shape index (κ2) is 8.04. The lowest BCUT2D eigenvalue weighted by atomic mass is 10.2. The summed E-state index contributed by atoms with van der Waals surface area (Å²) in [5.41, 5.74) is 2.26. The molecule has 0 saturated carbocycles. The number of pyridine rings is 1. The Morgan fingerprint density at radius 3 is 2.57 bits per heavy atom. The van der Waals surface area contributed by atoms with Crippen LogP contribution in [0.5, 0.6) is 5.75 Å². The van der Waals surface area contributed by atoms with E-state index in [2.05, 4.69) is 10.3 Å². The molecule has 0 saturated heterocycles. The van der Waals surface area contributed by atoms with E-state index in [1.807, 2.05) is 43.3 Å². The van der Waals surface area contributed by atoms with Gasteiger partial charge in [-0.1, -0.05) is 17.7 Å². The molecule has 21 heavy (non-hydrogen) atoms. The predicted octanol–water partition coefficient (Wildman–Crippen LogP) is 2.87. The highest BCUT2D eigenvalue weighted by atomic mass is 16.5. The number of carbonyl (C=O) groups excluding carboxylic acids is 1. The van der Waals surface area contributed by atoms with Gasteiger partial charge in [-0.15, -0.1) is 0 Å². The maximum absolute atomic E-state index is 11.7. The Bertz CT molecular complexity index is 553. The van der Waals surface area contributed by atoms with Gasteiger partial charge in [-0.25, -0.2) is 0 Å². The third-order valence-electron chi connectivity index (χ3n) is 3.08. The SMILES string of the molecule is Cc1ccc(OCCCC(=O)NCc2ccncc2)cc1. The third kappa shape index (κ3) is 5.65. The van der Waals surface area contributed by atoms with E-state index in [4.69, 9.17) is 4.74 Å². The lowest BCUT2D eigenvalue weighted by Gasteiger charge is -2.07. The average Bonchev–Trinajstić information content (AvgIpc) is 2.52. The molecule has 1 aromatic carbocycles. The fourth-order valence-electron chi connectivity index (χ4n) is 1.85. The first kappa shape index (κ1) is 15.0. The van der Waals surface area contributed by atoms with Crippen LogP contribution in [0.1, 0.15) is 24.0 Å². The third-order valence-corrected chi connectivity index (χ3v) is 3.08. The van der Waals surface area contributed by atoms with E-state index in [0.29, 0.717) is 26.0 Å². The number of nitrogens with zero attached hydrogens (tertiary/aromatic N) is 1. The van der Waals surface area contributed by atoms with Crippen molar-refractivity contribution < 1.29 is 9.53 Å². The Morgan fingerprint density at radius 2 is 1.86 bits per heavy atom. The summed E-state index contributed by atoms with van der Waals surface area (Å²) in [5.74, 6) is 0.886. The van der Waals surface area contributed by atoms with Crippen LogP contribution < -0.4 is 10.1 Å². The van der Waals surface area contributed by atoms with Crippen LogP contribution in [0, 0.1) is 6.92 Å². The Hall–Kier alpha value is -2.36. The van der Waals surface area contributed by atoms with E-state index >= 15 is 0 Å². The monoisotopic (exact) mass is 284 g/mol. The molecule has 0 radical (unpaired) electrons. The van der Waals surface area contributed by atoms with Crippen LogP contribution in [0.4, 0.5) is 0 Å². The van der Waals surface area contributed by atoms with Crippen molar-refractivity contribution in [3.05, 3.63) is 59.9 Å². The van der Waals surface area contributed by atoms with Crippen LogP contribution >= 0.6 is 0 Å². The van der Waals surface area contributed by atoms with E-state index in [0.717, 1.165) is 11.3 Å². The maximum Gasteiger partial charge on any atom is 0.220 e. The lowest BCUT2D eigenvalue weighted by Crippen LogP contribution is -2.22. The number of amides is 1. The molecular weight excluding hydrogens is 264 g/mol. The topological polar surface area (TPSA) is 51.2 Å². The van der Waals surface area contributed by atoms with E-state index < -0.39 is 0 Å². The first-order valence-corrected chi connectivity index (χ1v) is 7.09. The van der Waals surface area contributed by atoms with Crippen molar-refractivity contribution in [2.45, 2.75) is 26.3 Å². The van der Waals surface area contributed by atoms with Gasteiger partial charge >= 0.3 is 0 Å². The largest absolute Gasteiger partial charge is 0.494 e. The summed E-state index contributed by atoms with van der Waals surface area (Å²) >= 11 is 0. The Balaban J connectivity index is 1.60. The molecule has 2 rings (SSSR count). The fraction of sp³-hybridized carbons (Fsp3) is 0.294. The average molecular weight is 284 g/mol. The molecule has 0 bridgehead atoms. The van der Waals surface area contributed by atoms with Gasteiger partial charge in [0.15, 0.2) is 0 Å². The molecule has 110 valence electrons. The van der Waals surface area contributed by atoms with Crippen molar-refractivity contribution in [3.63, 3.8) is 0 Å². The summed E-state index contributed by atoms with van der Waals surface area (Å²) in [4.78, 5) is 15.6. The number of aryl methyl sites for hydroxylation is 1. The van der Waals surface area contributed by atoms with Gasteiger partial charge in [0.05, 0.1) is 6.61 Å². The second-order valence-corrected chi connectivity index (χ2v) is 4.90. The summed E-state index contributed by atoms with van der Waals surface area (Å²) in [7, 11) is 0. The highest BCUT2D eigenvalue weighted by Gasteiger charge is 2.01. The molecule has 0 unspecified atom stereocenters. The van der Waals surface area contributed by atoms with Crippen LogP contribution in [0.2, 0.25) is 0 Å². The summed E-state index contributed by atoms with van der Waals surface area (Å²) in [5, 5.41) is 2.88. The van der Waals surface area contributed by atoms with Crippen LogP contribution in [0.25, 0.3) is 0 Å². The number of nitrogens with one attached hydrogen (secondary N) is 1. The number of carbonyl (C=O) groups is 1. The zero-order chi connectivity index (χ0) is 14.9. The smallest absolute Gasteiger partial charge is 0.220 e. The van der Waals surface area contributed by atoms with Gasteiger partial charge in [0, 0.05) is 25.4 Å². The van der Waals surface area contributed by atoms with Crippen molar-refractivity contribution >= 4 is 5.91 Å². The molecule has 1 heterocycles. The van der Waals surface area contributed by atoms with Crippen molar-refractivity contribution in [1.29, 1.82) is 0 Å². The molecular formula is C17H20N2O2. The van der Waals surface area contributed by atoms with Gasteiger partial charge in [-0.2, -0.15) is 0 Å². The van der Waals surface area contributed by atoms with Crippen LogP contribution in [0.15, 0.2) is 48.8 Å². The van der Waals surface area contributed by atoms with Crippen molar-refractivity contribution in [1.82, 2.24) is 10.3 Å². The van der Waals surface area contributed by atoms with Gasteiger partial charge in [-0.05, 0) is 43.2 Å². The zero-order valence-corrected chi connectivity index (χ0v) is 12.2. The van der Waals surface area contributed by atoms with Gasteiger partial charge in [0.2, 0.25) is 5.91 Å². The molecule has 4 heteroatoms. The van der Waals surface area contributed by atoms with Gasteiger partial charge < -0.3 is 10.1 Å². The van der Waals surface area contributed by atoms with Crippen molar-refractivity contribution in [3.8, 4) is 5.75 Å². The first-order chi connectivity index (χ1) is 10.2. The van der Waals surface area contributed by atoms with Gasteiger partial charge in [-0.3, -0.25) is 9.78 Å². The minimum atomic E-state index is 0.0410. The molecule has 1 aromatic heterocycles. The second-order valence-electron chi connectivity index (χ2n) is 4.90. The zero-order valence-electron chi connectivity index (χ0n) is 12.2. The molecule has 0 aliphatic heterocycles. The first-order valence-electron chi connectivity index (χ1n) is 7.09. The summed E-state index contributed by atoms with van der Waals surface area (Å²) < 4.78 is 5.59. The van der Waals surface area contributed by atoms with Gasteiger partial charge in [0.1, 0.15) is 5.75 Å². The summed E-state index contributed by atoms with van der Waals surface area (Å²) in [6, 6.07) is 11.7. The van der Waals surface area contributed by atoms with Crippen molar-refractivity contribution in [2.75, 3.05) is 6.61 Å². The van der Waals surface area contributed by atoms with E-state index in [1.54, 1.807) is 12.4 Å². The van der Waals surface area contributed by atoms with Gasteiger partial charge in [0.25, 0.3) is 0 Å². The molecule has 2 aromatic rings.